The van der Waals surface area contributed by atoms with Gasteiger partial charge in [-0.1, -0.05) is 17.7 Å². The predicted octanol–water partition coefficient (Wildman–Crippen LogP) is 3.98. The van der Waals surface area contributed by atoms with Gasteiger partial charge in [0.1, 0.15) is 10.9 Å². The van der Waals surface area contributed by atoms with Crippen molar-refractivity contribution in [2.24, 2.45) is 0 Å². The van der Waals surface area contributed by atoms with E-state index in [2.05, 4.69) is 9.97 Å². The van der Waals surface area contributed by atoms with E-state index in [4.69, 9.17) is 16.3 Å². The van der Waals surface area contributed by atoms with Crippen molar-refractivity contribution >= 4 is 28.2 Å². The van der Waals surface area contributed by atoms with E-state index in [1.54, 1.807) is 18.3 Å². The fourth-order valence-corrected chi connectivity index (χ4v) is 2.04. The molecule has 0 radical (unpaired) electrons. The van der Waals surface area contributed by atoms with Gasteiger partial charge in [0.25, 0.3) is 5.69 Å². The number of hydrogen-bond acceptors (Lipinski definition) is 5. The van der Waals surface area contributed by atoms with Gasteiger partial charge in [-0.05, 0) is 18.2 Å². The Kier molecular flexibility index (Phi) is 3.37. The minimum atomic E-state index is -0.553. The first kappa shape index (κ1) is 13.3. The number of benzene rings is 1. The lowest BCUT2D eigenvalue weighted by molar-refractivity contribution is -0.385. The van der Waals surface area contributed by atoms with E-state index in [0.29, 0.717) is 5.75 Å². The molecule has 0 bridgehead atoms. The number of ether oxygens (including phenoxy) is 1. The molecule has 2 heterocycles. The van der Waals surface area contributed by atoms with E-state index in [0.717, 1.165) is 17.0 Å². The molecule has 0 saturated heterocycles. The van der Waals surface area contributed by atoms with Gasteiger partial charge >= 0.3 is 0 Å². The molecule has 3 aromatic rings. The second kappa shape index (κ2) is 5.34. The van der Waals surface area contributed by atoms with Gasteiger partial charge in [-0.25, -0.2) is 4.98 Å². The van der Waals surface area contributed by atoms with Gasteiger partial charge in [-0.15, -0.1) is 0 Å². The molecule has 0 aliphatic heterocycles. The van der Waals surface area contributed by atoms with E-state index in [1.807, 2.05) is 18.2 Å². The Balaban J connectivity index is 1.96. The summed E-state index contributed by atoms with van der Waals surface area (Å²) in [6.07, 6.45) is 1.68. The van der Waals surface area contributed by atoms with Crippen LogP contribution in [0.4, 0.5) is 5.69 Å². The maximum atomic E-state index is 10.8. The lowest BCUT2D eigenvalue weighted by Crippen LogP contribution is -1.93. The number of hydrogen-bond donors (Lipinski definition) is 0. The van der Waals surface area contributed by atoms with Crippen molar-refractivity contribution in [1.82, 2.24) is 9.97 Å². The summed E-state index contributed by atoms with van der Waals surface area (Å²) in [5, 5.41) is 11.8. The maximum absolute atomic E-state index is 10.8. The first-order valence-corrected chi connectivity index (χ1v) is 6.34. The highest BCUT2D eigenvalue weighted by atomic mass is 35.5. The van der Waals surface area contributed by atoms with Crippen LogP contribution in [-0.2, 0) is 0 Å². The fourth-order valence-electron chi connectivity index (χ4n) is 1.85. The van der Waals surface area contributed by atoms with Gasteiger partial charge in [-0.2, -0.15) is 0 Å². The highest BCUT2D eigenvalue weighted by Crippen LogP contribution is 2.27. The molecule has 0 saturated carbocycles. The van der Waals surface area contributed by atoms with Crippen LogP contribution in [0.15, 0.2) is 48.7 Å². The van der Waals surface area contributed by atoms with Crippen molar-refractivity contribution in [3.8, 4) is 11.6 Å². The van der Waals surface area contributed by atoms with Crippen LogP contribution in [0.25, 0.3) is 10.9 Å². The van der Waals surface area contributed by atoms with Crippen LogP contribution in [0.5, 0.6) is 11.6 Å². The summed E-state index contributed by atoms with van der Waals surface area (Å²) in [4.78, 5) is 18.4. The minimum Gasteiger partial charge on any atom is -0.439 e. The zero-order valence-electron chi connectivity index (χ0n) is 10.6. The van der Waals surface area contributed by atoms with E-state index in [-0.39, 0.29) is 16.7 Å². The number of pyridine rings is 2. The Morgan fingerprint density at radius 2 is 2.05 bits per heavy atom. The molecule has 2 aromatic heterocycles. The third-order valence-electron chi connectivity index (χ3n) is 2.77. The molecule has 0 unspecified atom stereocenters. The summed E-state index contributed by atoms with van der Waals surface area (Å²) in [5.74, 6) is 0.537. The van der Waals surface area contributed by atoms with Crippen molar-refractivity contribution in [2.75, 3.05) is 0 Å². The molecule has 0 aliphatic carbocycles. The first-order valence-electron chi connectivity index (χ1n) is 5.96. The molecule has 21 heavy (non-hydrogen) atoms. The zero-order chi connectivity index (χ0) is 14.8. The number of rotatable bonds is 3. The Labute approximate surface area is 124 Å². The Morgan fingerprint density at radius 1 is 1.19 bits per heavy atom. The fraction of sp³-hybridized carbons (Fsp3) is 0. The van der Waals surface area contributed by atoms with Crippen molar-refractivity contribution in [3.63, 3.8) is 0 Å². The second-order valence-corrected chi connectivity index (χ2v) is 4.59. The van der Waals surface area contributed by atoms with Gasteiger partial charge in [0, 0.05) is 17.6 Å². The summed E-state index contributed by atoms with van der Waals surface area (Å²) in [7, 11) is 0. The number of aromatic nitrogens is 2. The molecule has 0 fully saturated rings. The summed E-state index contributed by atoms with van der Waals surface area (Å²) < 4.78 is 5.52. The molecule has 0 atom stereocenters. The van der Waals surface area contributed by atoms with E-state index in [9.17, 15) is 10.1 Å². The van der Waals surface area contributed by atoms with Crippen LogP contribution in [-0.4, -0.2) is 14.9 Å². The van der Waals surface area contributed by atoms with Crippen LogP contribution in [0.2, 0.25) is 5.15 Å². The monoisotopic (exact) mass is 301 g/mol. The van der Waals surface area contributed by atoms with Gasteiger partial charge in [0.05, 0.1) is 22.6 Å². The maximum Gasteiger partial charge on any atom is 0.277 e. The van der Waals surface area contributed by atoms with E-state index in [1.165, 1.54) is 6.07 Å². The smallest absolute Gasteiger partial charge is 0.277 e. The average molecular weight is 302 g/mol. The summed E-state index contributed by atoms with van der Waals surface area (Å²) >= 11 is 5.75. The summed E-state index contributed by atoms with van der Waals surface area (Å²) in [6.45, 7) is 0. The lowest BCUT2D eigenvalue weighted by Gasteiger charge is -2.06. The van der Waals surface area contributed by atoms with Crippen LogP contribution in [0, 0.1) is 10.1 Å². The molecule has 1 aromatic carbocycles. The molecule has 0 aliphatic rings. The quantitative estimate of drug-likeness (QED) is 0.415. The summed E-state index contributed by atoms with van der Waals surface area (Å²) in [5.41, 5.74) is 0.579. The Morgan fingerprint density at radius 3 is 2.86 bits per heavy atom. The third kappa shape index (κ3) is 2.90. The van der Waals surface area contributed by atoms with Gasteiger partial charge in [0.2, 0.25) is 5.88 Å². The van der Waals surface area contributed by atoms with Crippen molar-refractivity contribution < 1.29 is 9.66 Å². The second-order valence-electron chi connectivity index (χ2n) is 4.20. The van der Waals surface area contributed by atoms with Gasteiger partial charge in [-0.3, -0.25) is 15.1 Å². The number of nitrogens with zero attached hydrogens (tertiary/aromatic N) is 3. The topological polar surface area (TPSA) is 78.2 Å². The Bertz CT molecular complexity index is 839. The van der Waals surface area contributed by atoms with Gasteiger partial charge in [0.15, 0.2) is 0 Å². The number of fused-ring (bicyclic) bond motifs is 1. The molecule has 104 valence electrons. The van der Waals surface area contributed by atoms with Crippen molar-refractivity contribution in [3.05, 3.63) is 63.9 Å². The minimum absolute atomic E-state index is 0.00175. The third-order valence-corrected chi connectivity index (χ3v) is 2.96. The van der Waals surface area contributed by atoms with E-state index >= 15 is 0 Å². The highest BCUT2D eigenvalue weighted by molar-refractivity contribution is 6.29. The number of nitro groups is 1. The Hall–Kier alpha value is -2.73. The number of halogens is 1. The largest absolute Gasteiger partial charge is 0.439 e. The first-order chi connectivity index (χ1) is 10.1. The van der Waals surface area contributed by atoms with E-state index < -0.39 is 4.92 Å². The van der Waals surface area contributed by atoms with Crippen LogP contribution < -0.4 is 4.74 Å². The van der Waals surface area contributed by atoms with Gasteiger partial charge < -0.3 is 4.74 Å². The summed E-state index contributed by atoms with van der Waals surface area (Å²) in [6, 6.07) is 11.4. The van der Waals surface area contributed by atoms with Crippen LogP contribution >= 0.6 is 11.6 Å². The molecule has 0 amide bonds. The standard InChI is InChI=1S/C14H8ClN3O3/c15-13-6-10(18(19)20)7-14(17-13)21-11-4-3-9-2-1-5-16-12(9)8-11/h1-8H. The van der Waals surface area contributed by atoms with Crippen LogP contribution in [0.1, 0.15) is 0 Å². The molecule has 6 nitrogen and oxygen atoms in total. The highest BCUT2D eigenvalue weighted by Gasteiger charge is 2.12. The molecule has 0 N–H and O–H groups in total. The SMILES string of the molecule is O=[N+]([O-])c1cc(Cl)nc(Oc2ccc3cccnc3c2)c1. The van der Waals surface area contributed by atoms with Crippen molar-refractivity contribution in [1.29, 1.82) is 0 Å². The molecule has 3 rings (SSSR count). The molecule has 0 spiro atoms. The van der Waals surface area contributed by atoms with Crippen LogP contribution in [0.3, 0.4) is 0 Å². The molecular weight excluding hydrogens is 294 g/mol. The predicted molar refractivity (Wildman–Crippen MR) is 77.7 cm³/mol. The molecular formula is C14H8ClN3O3. The van der Waals surface area contributed by atoms with Crippen molar-refractivity contribution in [2.45, 2.75) is 0 Å². The average Bonchev–Trinajstić information content (AvgIpc) is 2.46. The lowest BCUT2D eigenvalue weighted by atomic mass is 10.2. The molecule has 7 heteroatoms. The normalized spacial score (nSPS) is 10.5. The zero-order valence-corrected chi connectivity index (χ0v) is 11.3.